The second kappa shape index (κ2) is 4.48. The highest BCUT2D eigenvalue weighted by atomic mass is 35.5. The first-order valence-corrected chi connectivity index (χ1v) is 5.76. The van der Waals surface area contributed by atoms with E-state index in [4.69, 9.17) is 23.2 Å². The Labute approximate surface area is 104 Å². The van der Waals surface area contributed by atoms with Crippen molar-refractivity contribution in [1.82, 2.24) is 0 Å². The van der Waals surface area contributed by atoms with E-state index in [9.17, 15) is 4.79 Å². The highest BCUT2D eigenvalue weighted by Crippen LogP contribution is 2.34. The first-order valence-electron chi connectivity index (χ1n) is 5.00. The number of anilines is 1. The van der Waals surface area contributed by atoms with Crippen molar-refractivity contribution in [3.63, 3.8) is 0 Å². The zero-order valence-electron chi connectivity index (χ0n) is 8.65. The van der Waals surface area contributed by atoms with Gasteiger partial charge in [0.05, 0.1) is 16.6 Å². The first-order chi connectivity index (χ1) is 7.58. The maximum Gasteiger partial charge on any atom is 0.152 e. The van der Waals surface area contributed by atoms with Crippen LogP contribution < -0.4 is 5.32 Å². The number of benzene rings is 1. The molecule has 0 bridgehead atoms. The van der Waals surface area contributed by atoms with Crippen molar-refractivity contribution in [2.45, 2.75) is 12.8 Å². The summed E-state index contributed by atoms with van der Waals surface area (Å²) >= 11 is 11.9. The predicted molar refractivity (Wildman–Crippen MR) is 68.2 cm³/mol. The van der Waals surface area contributed by atoms with Gasteiger partial charge in [-0.05, 0) is 24.1 Å². The molecule has 0 fully saturated rings. The average Bonchev–Trinajstić information content (AvgIpc) is 2.25. The van der Waals surface area contributed by atoms with E-state index in [0.717, 1.165) is 16.8 Å². The maximum atomic E-state index is 11.4. The molecule has 0 spiro atoms. The van der Waals surface area contributed by atoms with E-state index >= 15 is 0 Å². The van der Waals surface area contributed by atoms with Crippen molar-refractivity contribution in [2.75, 3.05) is 11.9 Å². The Bertz CT molecular complexity index is 468. The molecule has 1 aliphatic rings. The Morgan fingerprint density at radius 1 is 1.19 bits per heavy atom. The van der Waals surface area contributed by atoms with Crippen LogP contribution in [0.25, 0.3) is 5.57 Å². The smallest absolute Gasteiger partial charge is 0.152 e. The number of allylic oxidation sites excluding steroid dienone is 1. The second-order valence-corrected chi connectivity index (χ2v) is 4.62. The molecule has 0 unspecified atom stereocenters. The lowest BCUT2D eigenvalue weighted by molar-refractivity contribution is -0.117. The molecule has 1 aliphatic heterocycles. The summed E-state index contributed by atoms with van der Waals surface area (Å²) in [7, 11) is 0. The third-order valence-electron chi connectivity index (χ3n) is 2.62. The van der Waals surface area contributed by atoms with Crippen LogP contribution in [0.1, 0.15) is 18.4 Å². The Balaban J connectivity index is 2.47. The quantitative estimate of drug-likeness (QED) is 0.765. The third kappa shape index (κ3) is 2.23. The number of Topliss-reactive ketones (excluding diaryl/α,β-unsaturated/α-hetero) is 1. The molecule has 2 nitrogen and oxygen atoms in total. The van der Waals surface area contributed by atoms with Crippen LogP contribution in [-0.4, -0.2) is 12.3 Å². The molecule has 4 heteroatoms. The minimum Gasteiger partial charge on any atom is -0.377 e. The number of rotatable bonds is 0. The molecule has 0 radical (unpaired) electrons. The summed E-state index contributed by atoms with van der Waals surface area (Å²) in [6.45, 7) is 4.30. The molecule has 1 aromatic rings. The lowest BCUT2D eigenvalue weighted by atomic mass is 9.97. The van der Waals surface area contributed by atoms with Gasteiger partial charge in [-0.2, -0.15) is 0 Å². The molecule has 0 saturated heterocycles. The van der Waals surface area contributed by atoms with E-state index in [1.807, 2.05) is 0 Å². The van der Waals surface area contributed by atoms with Gasteiger partial charge in [-0.1, -0.05) is 29.8 Å². The molecular weight excluding hydrogens is 245 g/mol. The lowest BCUT2D eigenvalue weighted by Gasteiger charge is -2.18. The van der Waals surface area contributed by atoms with Crippen LogP contribution in [0.5, 0.6) is 0 Å². The predicted octanol–water partition coefficient (Wildman–Crippen LogP) is 3.78. The van der Waals surface area contributed by atoms with Crippen LogP contribution in [0.2, 0.25) is 10.0 Å². The molecule has 0 aliphatic carbocycles. The van der Waals surface area contributed by atoms with Gasteiger partial charge >= 0.3 is 0 Å². The van der Waals surface area contributed by atoms with Crippen LogP contribution in [-0.2, 0) is 4.79 Å². The maximum absolute atomic E-state index is 11.4. The largest absolute Gasteiger partial charge is 0.377 e. The molecular formula is C12H11Cl2NO. The fourth-order valence-electron chi connectivity index (χ4n) is 1.69. The Morgan fingerprint density at radius 2 is 1.88 bits per heavy atom. The number of carbonyl (C=O) groups excluding carboxylic acids is 1. The van der Waals surface area contributed by atoms with Crippen LogP contribution in [0.15, 0.2) is 18.7 Å². The number of carbonyl (C=O) groups is 1. The monoisotopic (exact) mass is 255 g/mol. The van der Waals surface area contributed by atoms with Crippen molar-refractivity contribution >= 4 is 40.2 Å². The highest BCUT2D eigenvalue weighted by Gasteiger charge is 2.15. The summed E-state index contributed by atoms with van der Waals surface area (Å²) < 4.78 is 0. The van der Waals surface area contributed by atoms with Gasteiger partial charge in [0.2, 0.25) is 0 Å². The first kappa shape index (κ1) is 11.5. The van der Waals surface area contributed by atoms with Gasteiger partial charge in [-0.15, -0.1) is 0 Å². The molecule has 0 atom stereocenters. The summed E-state index contributed by atoms with van der Waals surface area (Å²) in [6, 6.07) is 3.54. The fraction of sp³-hybridized carbons (Fsp3) is 0.250. The van der Waals surface area contributed by atoms with Crippen molar-refractivity contribution in [2.24, 2.45) is 0 Å². The summed E-state index contributed by atoms with van der Waals surface area (Å²) in [5.41, 5.74) is 2.68. The van der Waals surface area contributed by atoms with Crippen molar-refractivity contribution in [3.8, 4) is 0 Å². The second-order valence-electron chi connectivity index (χ2n) is 3.81. The van der Waals surface area contributed by atoms with Gasteiger partial charge < -0.3 is 5.32 Å². The normalized spacial score (nSPS) is 16.1. The number of hydrogen-bond acceptors (Lipinski definition) is 2. The average molecular weight is 256 g/mol. The molecule has 2 rings (SSSR count). The van der Waals surface area contributed by atoms with Crippen LogP contribution in [0.4, 0.5) is 5.69 Å². The van der Waals surface area contributed by atoms with Crippen LogP contribution >= 0.6 is 23.2 Å². The zero-order chi connectivity index (χ0) is 11.7. The Hall–Kier alpha value is -0.990. The number of nitrogens with one attached hydrogen (secondary N) is 1. The molecule has 1 N–H and O–H groups in total. The minimum absolute atomic E-state index is 0.179. The zero-order valence-corrected chi connectivity index (χ0v) is 10.2. The fourth-order valence-corrected chi connectivity index (χ4v) is 2.02. The van der Waals surface area contributed by atoms with Crippen molar-refractivity contribution in [1.29, 1.82) is 0 Å². The summed E-state index contributed by atoms with van der Waals surface area (Å²) in [4.78, 5) is 11.4. The molecule has 0 amide bonds. The third-order valence-corrected chi connectivity index (χ3v) is 3.35. The van der Waals surface area contributed by atoms with E-state index < -0.39 is 0 Å². The number of hydrogen-bond donors (Lipinski definition) is 1. The number of ketones is 1. The molecule has 16 heavy (non-hydrogen) atoms. The van der Waals surface area contributed by atoms with E-state index in [1.54, 1.807) is 12.1 Å². The Kier molecular flexibility index (Phi) is 3.22. The number of fused-ring (bicyclic) bond motifs is 1. The van der Waals surface area contributed by atoms with E-state index in [0.29, 0.717) is 29.4 Å². The van der Waals surface area contributed by atoms with Crippen molar-refractivity contribution < 1.29 is 4.79 Å². The summed E-state index contributed by atoms with van der Waals surface area (Å²) in [5, 5.41) is 4.05. The molecule has 1 heterocycles. The van der Waals surface area contributed by atoms with E-state index in [-0.39, 0.29) is 5.78 Å². The molecule has 0 saturated carbocycles. The summed E-state index contributed by atoms with van der Waals surface area (Å²) in [5.74, 6) is 0.179. The van der Waals surface area contributed by atoms with Gasteiger partial charge in [0.25, 0.3) is 0 Å². The molecule has 84 valence electrons. The summed E-state index contributed by atoms with van der Waals surface area (Å²) in [6.07, 6.45) is 1.19. The lowest BCUT2D eigenvalue weighted by Crippen LogP contribution is -2.16. The van der Waals surface area contributed by atoms with Gasteiger partial charge in [0.15, 0.2) is 5.78 Å². The number of halogens is 2. The highest BCUT2D eigenvalue weighted by molar-refractivity contribution is 6.42. The van der Waals surface area contributed by atoms with Gasteiger partial charge in [-0.25, -0.2) is 0 Å². The van der Waals surface area contributed by atoms with E-state index in [1.165, 1.54) is 0 Å². The van der Waals surface area contributed by atoms with Gasteiger partial charge in [0.1, 0.15) is 0 Å². The van der Waals surface area contributed by atoms with Gasteiger partial charge in [-0.3, -0.25) is 4.79 Å². The standard InChI is InChI=1S/C12H11Cl2NO/c1-7-2-3-8(16)6-15-12-5-11(14)10(13)4-9(7)12/h4-5,15H,1-3,6H2. The topological polar surface area (TPSA) is 29.1 Å². The van der Waals surface area contributed by atoms with Crippen LogP contribution in [0.3, 0.4) is 0 Å². The SMILES string of the molecule is C=C1CCC(=O)CNc2cc(Cl)c(Cl)cc21. The van der Waals surface area contributed by atoms with E-state index in [2.05, 4.69) is 11.9 Å². The Morgan fingerprint density at radius 3 is 2.62 bits per heavy atom. The molecule has 0 aromatic heterocycles. The van der Waals surface area contributed by atoms with Crippen LogP contribution in [0, 0.1) is 0 Å². The molecule has 1 aromatic carbocycles. The van der Waals surface area contributed by atoms with Crippen molar-refractivity contribution in [3.05, 3.63) is 34.3 Å². The minimum atomic E-state index is 0.179. The van der Waals surface area contributed by atoms with Gasteiger partial charge in [0, 0.05) is 17.7 Å².